The second-order valence-corrected chi connectivity index (χ2v) is 10.1. The highest BCUT2D eigenvalue weighted by Crippen LogP contribution is 2.35. The number of para-hydroxylation sites is 2. The van der Waals surface area contributed by atoms with Crippen LogP contribution in [0.3, 0.4) is 0 Å². The maximum atomic E-state index is 13.6. The summed E-state index contributed by atoms with van der Waals surface area (Å²) in [5, 5.41) is 4.24. The van der Waals surface area contributed by atoms with Crippen LogP contribution in [0.2, 0.25) is 0 Å². The third kappa shape index (κ3) is 4.60. The molecule has 0 saturated carbocycles. The molecular weight excluding hydrogens is 466 g/mol. The molecule has 34 heavy (non-hydrogen) atoms. The molecule has 1 aliphatic carbocycles. The Morgan fingerprint density at radius 3 is 2.76 bits per heavy atom. The van der Waals surface area contributed by atoms with Gasteiger partial charge < -0.3 is 10.1 Å². The maximum absolute atomic E-state index is 13.6. The van der Waals surface area contributed by atoms with E-state index in [0.29, 0.717) is 29.7 Å². The summed E-state index contributed by atoms with van der Waals surface area (Å²) in [5.74, 6) is 0.599. The first-order valence-electron chi connectivity index (χ1n) is 11.4. The fourth-order valence-corrected chi connectivity index (χ4v) is 6.34. The number of thiophene rings is 1. The number of carbonyl (C=O) groups is 1. The van der Waals surface area contributed by atoms with Crippen LogP contribution < -0.4 is 15.6 Å². The Kier molecular flexibility index (Phi) is 6.69. The third-order valence-corrected chi connectivity index (χ3v) is 7.93. The summed E-state index contributed by atoms with van der Waals surface area (Å²) < 4.78 is 7.32. The van der Waals surface area contributed by atoms with Crippen LogP contribution in [0.1, 0.15) is 29.3 Å². The first-order valence-corrected chi connectivity index (χ1v) is 13.2. The van der Waals surface area contributed by atoms with Crippen molar-refractivity contribution in [3.63, 3.8) is 0 Å². The van der Waals surface area contributed by atoms with Crippen LogP contribution in [0.4, 0.5) is 5.69 Å². The van der Waals surface area contributed by atoms with Gasteiger partial charge in [-0.3, -0.25) is 14.2 Å². The van der Waals surface area contributed by atoms with E-state index in [1.807, 2.05) is 61.5 Å². The van der Waals surface area contributed by atoms with Crippen molar-refractivity contribution in [3.8, 4) is 5.75 Å². The molecule has 4 aromatic rings. The molecule has 1 N–H and O–H groups in total. The number of hydrogen-bond acceptors (Lipinski definition) is 6. The minimum absolute atomic E-state index is 0.0159. The number of hydrogen-bond donors (Lipinski definition) is 1. The van der Waals surface area contributed by atoms with E-state index in [9.17, 15) is 9.59 Å². The van der Waals surface area contributed by atoms with Gasteiger partial charge in [0.2, 0.25) is 5.91 Å². The largest absolute Gasteiger partial charge is 0.492 e. The predicted octanol–water partition coefficient (Wildman–Crippen LogP) is 5.12. The first kappa shape index (κ1) is 22.7. The van der Waals surface area contributed by atoms with Crippen LogP contribution in [0.25, 0.3) is 10.2 Å². The molecule has 2 aromatic heterocycles. The summed E-state index contributed by atoms with van der Waals surface area (Å²) in [6, 6.07) is 17.3. The quantitative estimate of drug-likeness (QED) is 0.273. The zero-order valence-electron chi connectivity index (χ0n) is 18.9. The van der Waals surface area contributed by atoms with E-state index < -0.39 is 0 Å². The van der Waals surface area contributed by atoms with Gasteiger partial charge in [0, 0.05) is 4.88 Å². The minimum atomic E-state index is -0.175. The van der Waals surface area contributed by atoms with Gasteiger partial charge in [-0.15, -0.1) is 11.3 Å². The van der Waals surface area contributed by atoms with Gasteiger partial charge in [0.1, 0.15) is 10.6 Å². The fraction of sp³-hybridized carbons (Fsp3) is 0.269. The lowest BCUT2D eigenvalue weighted by atomic mass is 10.2. The van der Waals surface area contributed by atoms with Gasteiger partial charge in [-0.2, -0.15) is 0 Å². The van der Waals surface area contributed by atoms with E-state index in [4.69, 9.17) is 9.72 Å². The monoisotopic (exact) mass is 491 g/mol. The molecule has 0 atom stereocenters. The molecule has 0 bridgehead atoms. The van der Waals surface area contributed by atoms with Crippen molar-refractivity contribution in [2.24, 2.45) is 0 Å². The lowest BCUT2D eigenvalue weighted by molar-refractivity contribution is -0.113. The molecule has 0 unspecified atom stereocenters. The molecule has 0 aliphatic heterocycles. The molecule has 5 rings (SSSR count). The van der Waals surface area contributed by atoms with E-state index in [2.05, 4.69) is 5.32 Å². The number of aromatic nitrogens is 2. The maximum Gasteiger partial charge on any atom is 0.263 e. The van der Waals surface area contributed by atoms with Gasteiger partial charge in [0.15, 0.2) is 5.16 Å². The van der Waals surface area contributed by atoms with Gasteiger partial charge in [0.05, 0.1) is 30.0 Å². The molecule has 1 amide bonds. The molecule has 174 valence electrons. The highest BCUT2D eigenvalue weighted by Gasteiger charge is 2.23. The van der Waals surface area contributed by atoms with Crippen LogP contribution in [0, 0.1) is 0 Å². The lowest BCUT2D eigenvalue weighted by Crippen LogP contribution is -2.25. The number of ether oxygens (including phenoxy) is 1. The number of fused-ring (bicyclic) bond motifs is 3. The summed E-state index contributed by atoms with van der Waals surface area (Å²) in [5.41, 5.74) is 2.81. The average molecular weight is 492 g/mol. The molecule has 2 aromatic carbocycles. The number of carbonyl (C=O) groups excluding carboxylic acids is 1. The molecule has 0 spiro atoms. The first-order chi connectivity index (χ1) is 16.6. The van der Waals surface area contributed by atoms with E-state index in [-0.39, 0.29) is 17.2 Å². The van der Waals surface area contributed by atoms with Gasteiger partial charge in [-0.25, -0.2) is 4.98 Å². The molecule has 0 fully saturated rings. The number of benzene rings is 2. The van der Waals surface area contributed by atoms with Crippen molar-refractivity contribution in [1.29, 1.82) is 0 Å². The molecule has 6 nitrogen and oxygen atoms in total. The van der Waals surface area contributed by atoms with E-state index in [0.717, 1.165) is 35.0 Å². The Bertz CT molecular complexity index is 1400. The summed E-state index contributed by atoms with van der Waals surface area (Å²) in [7, 11) is 0. The van der Waals surface area contributed by atoms with E-state index in [1.165, 1.54) is 22.2 Å². The number of amides is 1. The summed E-state index contributed by atoms with van der Waals surface area (Å²) in [6.45, 7) is 2.84. The summed E-state index contributed by atoms with van der Waals surface area (Å²) >= 11 is 2.91. The van der Waals surface area contributed by atoms with E-state index >= 15 is 0 Å². The van der Waals surface area contributed by atoms with Crippen LogP contribution in [-0.4, -0.2) is 27.8 Å². The Morgan fingerprint density at radius 2 is 1.94 bits per heavy atom. The van der Waals surface area contributed by atoms with Crippen molar-refractivity contribution >= 4 is 44.9 Å². The molecule has 2 heterocycles. The van der Waals surface area contributed by atoms with Gasteiger partial charge in [-0.1, -0.05) is 54.2 Å². The van der Waals surface area contributed by atoms with Crippen molar-refractivity contribution in [2.45, 2.75) is 37.9 Å². The zero-order chi connectivity index (χ0) is 23.5. The zero-order valence-corrected chi connectivity index (χ0v) is 20.5. The topological polar surface area (TPSA) is 73.2 Å². The number of anilines is 1. The van der Waals surface area contributed by atoms with Gasteiger partial charge >= 0.3 is 0 Å². The van der Waals surface area contributed by atoms with Crippen LogP contribution >= 0.6 is 23.1 Å². The van der Waals surface area contributed by atoms with Crippen molar-refractivity contribution in [3.05, 3.63) is 81.0 Å². The molecular formula is C26H25N3O3S2. The van der Waals surface area contributed by atoms with Crippen molar-refractivity contribution in [1.82, 2.24) is 9.55 Å². The molecule has 0 saturated heterocycles. The van der Waals surface area contributed by atoms with Crippen LogP contribution in [0.5, 0.6) is 5.75 Å². The normalized spacial score (nSPS) is 12.6. The smallest absolute Gasteiger partial charge is 0.263 e. The van der Waals surface area contributed by atoms with Crippen LogP contribution in [-0.2, 0) is 24.2 Å². The highest BCUT2D eigenvalue weighted by atomic mass is 32.2. The van der Waals surface area contributed by atoms with E-state index in [1.54, 1.807) is 15.9 Å². The van der Waals surface area contributed by atoms with Gasteiger partial charge in [-0.05, 0) is 49.4 Å². The number of nitrogens with one attached hydrogen (secondary N) is 1. The van der Waals surface area contributed by atoms with Crippen molar-refractivity contribution < 1.29 is 9.53 Å². The Hall–Kier alpha value is -3.10. The number of rotatable bonds is 8. The SMILES string of the molecule is CCOc1ccccc1NC(=O)CSc1nc2sc3c(c2c(=O)n1Cc1ccccc1)CCC3. The minimum Gasteiger partial charge on any atom is -0.492 e. The highest BCUT2D eigenvalue weighted by molar-refractivity contribution is 7.99. The predicted molar refractivity (Wildman–Crippen MR) is 138 cm³/mol. The molecule has 1 aliphatic rings. The number of thioether (sulfide) groups is 1. The lowest BCUT2D eigenvalue weighted by Gasteiger charge is -2.13. The Balaban J connectivity index is 1.43. The fourth-order valence-electron chi connectivity index (χ4n) is 4.24. The number of aryl methyl sites for hydroxylation is 2. The molecule has 8 heteroatoms. The van der Waals surface area contributed by atoms with Crippen LogP contribution in [0.15, 0.2) is 64.5 Å². The number of nitrogens with zero attached hydrogens (tertiary/aromatic N) is 2. The summed E-state index contributed by atoms with van der Waals surface area (Å²) in [6.07, 6.45) is 3.04. The second-order valence-electron chi connectivity index (χ2n) is 8.07. The average Bonchev–Trinajstić information content (AvgIpc) is 3.43. The Morgan fingerprint density at radius 1 is 1.15 bits per heavy atom. The second kappa shape index (κ2) is 10.0. The van der Waals surface area contributed by atoms with Gasteiger partial charge in [0.25, 0.3) is 5.56 Å². The summed E-state index contributed by atoms with van der Waals surface area (Å²) in [4.78, 5) is 33.3. The molecule has 0 radical (unpaired) electrons. The standard InChI is InChI=1S/C26H25N3O3S2/c1-2-32-20-13-7-6-12-19(20)27-22(30)16-33-26-28-24-23(18-11-8-14-21(18)34-24)25(31)29(26)15-17-9-4-3-5-10-17/h3-7,9-10,12-13H,2,8,11,14-16H2,1H3,(H,27,30). The van der Waals surface area contributed by atoms with Crippen molar-refractivity contribution in [2.75, 3.05) is 17.7 Å². The Labute approximate surface area is 206 Å². The third-order valence-electron chi connectivity index (χ3n) is 5.77.